The first-order valence-corrected chi connectivity index (χ1v) is 9.92. The maximum Gasteiger partial charge on any atom is 0.261 e. The van der Waals surface area contributed by atoms with Crippen LogP contribution in [0.5, 0.6) is 0 Å². The van der Waals surface area contributed by atoms with Gasteiger partial charge in [0.1, 0.15) is 0 Å². The molecule has 0 aliphatic carbocycles. The highest BCUT2D eigenvalue weighted by molar-refractivity contribution is 6.33. The Labute approximate surface area is 173 Å². The van der Waals surface area contributed by atoms with Crippen molar-refractivity contribution >= 4 is 34.8 Å². The van der Waals surface area contributed by atoms with Crippen molar-refractivity contribution < 1.29 is 19.4 Å². The number of nitrogens with one attached hydrogen (secondary N) is 1. The molecular weight excluding hydrogens is 394 g/mol. The summed E-state index contributed by atoms with van der Waals surface area (Å²) in [6, 6.07) is 12.3. The zero-order valence-corrected chi connectivity index (χ0v) is 16.6. The maximum absolute atomic E-state index is 12.4. The predicted octanol–water partition coefficient (Wildman–Crippen LogP) is 2.25. The molecule has 1 saturated heterocycles. The number of aliphatic hydroxyl groups is 1. The largest absolute Gasteiger partial charge is 0.389 e. The molecule has 2 aliphatic heterocycles. The van der Waals surface area contributed by atoms with Crippen LogP contribution >= 0.6 is 11.6 Å². The van der Waals surface area contributed by atoms with E-state index in [9.17, 15) is 14.7 Å². The average molecular weight is 416 g/mol. The number of hydrogen-bond acceptors (Lipinski definition) is 6. The van der Waals surface area contributed by atoms with Gasteiger partial charge in [0, 0.05) is 25.3 Å². The topological polar surface area (TPSA) is 82.1 Å². The van der Waals surface area contributed by atoms with Gasteiger partial charge in [-0.25, -0.2) is 0 Å². The highest BCUT2D eigenvalue weighted by atomic mass is 35.5. The van der Waals surface area contributed by atoms with E-state index in [1.54, 1.807) is 30.3 Å². The van der Waals surface area contributed by atoms with E-state index in [0.29, 0.717) is 29.4 Å². The van der Waals surface area contributed by atoms with Crippen molar-refractivity contribution in [2.75, 3.05) is 49.6 Å². The molecule has 0 aromatic heterocycles. The van der Waals surface area contributed by atoms with Crippen LogP contribution in [0.2, 0.25) is 5.02 Å². The molecule has 29 heavy (non-hydrogen) atoms. The van der Waals surface area contributed by atoms with Crippen molar-refractivity contribution in [2.24, 2.45) is 0 Å². The molecule has 4 rings (SSSR count). The third kappa shape index (κ3) is 4.07. The summed E-state index contributed by atoms with van der Waals surface area (Å²) in [7, 11) is 0. The number of aliphatic hydroxyl groups excluding tert-OH is 1. The van der Waals surface area contributed by atoms with Crippen LogP contribution in [-0.2, 0) is 4.74 Å². The Hall–Kier alpha value is -2.61. The molecule has 2 aromatic rings. The molecule has 2 amide bonds. The molecule has 0 radical (unpaired) electrons. The lowest BCUT2D eigenvalue weighted by molar-refractivity contribution is 0.0558. The van der Waals surface area contributed by atoms with Crippen molar-refractivity contribution in [2.45, 2.75) is 6.10 Å². The number of rotatable bonds is 6. The molecule has 7 nitrogen and oxygen atoms in total. The van der Waals surface area contributed by atoms with Gasteiger partial charge in [0.25, 0.3) is 11.8 Å². The molecule has 2 heterocycles. The number of carbonyl (C=O) groups excluding carboxylic acids is 2. The molecule has 0 bridgehead atoms. The van der Waals surface area contributed by atoms with Crippen molar-refractivity contribution in [3.05, 3.63) is 58.6 Å². The molecule has 8 heteroatoms. The molecule has 152 valence electrons. The van der Waals surface area contributed by atoms with E-state index in [-0.39, 0.29) is 24.9 Å². The fourth-order valence-corrected chi connectivity index (χ4v) is 3.89. The number of halogens is 1. The maximum atomic E-state index is 12.4. The van der Waals surface area contributed by atoms with Gasteiger partial charge < -0.3 is 20.1 Å². The van der Waals surface area contributed by atoms with Crippen LogP contribution in [0.4, 0.5) is 11.4 Å². The number of β-amino-alcohol motifs (C(OH)–C–C–N with tert-alkyl or cyclic N) is 1. The molecule has 1 fully saturated rings. The summed E-state index contributed by atoms with van der Waals surface area (Å²) < 4.78 is 5.36. The number of morpholine rings is 1. The van der Waals surface area contributed by atoms with E-state index in [4.69, 9.17) is 16.3 Å². The Kier molecular flexibility index (Phi) is 5.71. The molecule has 2 N–H and O–H groups in total. The first-order valence-electron chi connectivity index (χ1n) is 9.54. The molecule has 0 spiro atoms. The summed E-state index contributed by atoms with van der Waals surface area (Å²) in [4.78, 5) is 28.0. The Bertz CT molecular complexity index is 895. The number of benzene rings is 2. The van der Waals surface area contributed by atoms with E-state index >= 15 is 0 Å². The van der Waals surface area contributed by atoms with Crippen molar-refractivity contribution in [3.8, 4) is 0 Å². The second-order valence-corrected chi connectivity index (χ2v) is 7.47. The van der Waals surface area contributed by atoms with Crippen molar-refractivity contribution in [3.63, 3.8) is 0 Å². The third-order valence-corrected chi connectivity index (χ3v) is 5.42. The van der Waals surface area contributed by atoms with Gasteiger partial charge in [-0.3, -0.25) is 14.5 Å². The number of fused-ring (bicyclic) bond motifs is 1. The van der Waals surface area contributed by atoms with Crippen LogP contribution in [0.25, 0.3) is 0 Å². The van der Waals surface area contributed by atoms with Crippen LogP contribution in [0.3, 0.4) is 0 Å². The molecule has 1 unspecified atom stereocenters. The normalized spacial score (nSPS) is 17.4. The molecule has 2 aromatic carbocycles. The number of hydrogen-bond donors (Lipinski definition) is 2. The van der Waals surface area contributed by atoms with Gasteiger partial charge in [-0.1, -0.05) is 23.7 Å². The van der Waals surface area contributed by atoms with Crippen LogP contribution in [0.1, 0.15) is 20.7 Å². The molecular formula is C21H22ClN3O4. The minimum atomic E-state index is -0.907. The summed E-state index contributed by atoms with van der Waals surface area (Å²) in [5.74, 6) is -0.745. The van der Waals surface area contributed by atoms with E-state index in [1.807, 2.05) is 12.1 Å². The number of imide groups is 1. The van der Waals surface area contributed by atoms with Crippen LogP contribution in [0, 0.1) is 0 Å². The lowest BCUT2D eigenvalue weighted by atomic mass is 10.1. The fraction of sp³-hybridized carbons (Fsp3) is 0.333. The van der Waals surface area contributed by atoms with E-state index in [0.717, 1.165) is 29.4 Å². The van der Waals surface area contributed by atoms with Gasteiger partial charge in [-0.15, -0.1) is 0 Å². The highest BCUT2D eigenvalue weighted by Crippen LogP contribution is 2.29. The Morgan fingerprint density at radius 3 is 2.34 bits per heavy atom. The van der Waals surface area contributed by atoms with Gasteiger partial charge >= 0.3 is 0 Å². The standard InChI is InChI=1S/C21H22ClN3O4/c22-18-11-14(5-6-19(18)24-7-9-29-10-8-24)23-12-15(26)13-25-20(27)16-3-1-2-4-17(16)21(25)28/h1-6,11,15,23,26H,7-10,12-13H2. The summed E-state index contributed by atoms with van der Waals surface area (Å²) in [6.07, 6.45) is -0.907. The number of ether oxygens (including phenoxy) is 1. The van der Waals surface area contributed by atoms with Gasteiger partial charge in [-0.05, 0) is 30.3 Å². The Balaban J connectivity index is 1.34. The molecule has 0 saturated carbocycles. The minimum Gasteiger partial charge on any atom is -0.389 e. The summed E-state index contributed by atoms with van der Waals surface area (Å²) >= 11 is 6.42. The number of carbonyl (C=O) groups is 2. The predicted molar refractivity (Wildman–Crippen MR) is 111 cm³/mol. The van der Waals surface area contributed by atoms with Crippen LogP contribution < -0.4 is 10.2 Å². The van der Waals surface area contributed by atoms with Crippen LogP contribution in [-0.4, -0.2) is 67.3 Å². The quantitative estimate of drug-likeness (QED) is 0.704. The Morgan fingerprint density at radius 2 is 1.72 bits per heavy atom. The average Bonchev–Trinajstić information content (AvgIpc) is 2.98. The number of anilines is 2. The van der Waals surface area contributed by atoms with E-state index in [2.05, 4.69) is 10.2 Å². The smallest absolute Gasteiger partial charge is 0.261 e. The lowest BCUT2D eigenvalue weighted by Gasteiger charge is -2.29. The third-order valence-electron chi connectivity index (χ3n) is 5.11. The van der Waals surface area contributed by atoms with Crippen LogP contribution in [0.15, 0.2) is 42.5 Å². The summed E-state index contributed by atoms with van der Waals surface area (Å²) in [6.45, 7) is 3.07. The second kappa shape index (κ2) is 8.41. The first kappa shape index (κ1) is 19.7. The molecule has 2 aliphatic rings. The zero-order valence-electron chi connectivity index (χ0n) is 15.8. The monoisotopic (exact) mass is 415 g/mol. The summed E-state index contributed by atoms with van der Waals surface area (Å²) in [5, 5.41) is 14.1. The highest BCUT2D eigenvalue weighted by Gasteiger charge is 2.36. The van der Waals surface area contributed by atoms with Gasteiger partial charge in [0.15, 0.2) is 0 Å². The van der Waals surface area contributed by atoms with Crippen molar-refractivity contribution in [1.29, 1.82) is 0 Å². The Morgan fingerprint density at radius 1 is 1.07 bits per heavy atom. The molecule has 1 atom stereocenters. The summed E-state index contributed by atoms with van der Waals surface area (Å²) in [5.41, 5.74) is 2.46. The second-order valence-electron chi connectivity index (χ2n) is 7.07. The van der Waals surface area contributed by atoms with E-state index in [1.165, 1.54) is 0 Å². The van der Waals surface area contributed by atoms with Gasteiger partial charge in [0.2, 0.25) is 0 Å². The van der Waals surface area contributed by atoms with Crippen molar-refractivity contribution in [1.82, 2.24) is 4.90 Å². The van der Waals surface area contributed by atoms with Gasteiger partial charge in [0.05, 0.1) is 47.7 Å². The van der Waals surface area contributed by atoms with Gasteiger partial charge in [-0.2, -0.15) is 0 Å². The minimum absolute atomic E-state index is 0.0705. The first-order chi connectivity index (χ1) is 14.0. The number of amides is 2. The fourth-order valence-electron chi connectivity index (χ4n) is 3.59. The number of nitrogens with zero attached hydrogens (tertiary/aromatic N) is 2. The zero-order chi connectivity index (χ0) is 20.4. The van der Waals surface area contributed by atoms with E-state index < -0.39 is 6.10 Å². The lowest BCUT2D eigenvalue weighted by Crippen LogP contribution is -2.39. The SMILES string of the molecule is O=C1c2ccccc2C(=O)N1CC(O)CNc1ccc(N2CCOCC2)c(Cl)c1.